The van der Waals surface area contributed by atoms with E-state index in [0.717, 1.165) is 0 Å². The van der Waals surface area contributed by atoms with Crippen molar-refractivity contribution in [2.75, 3.05) is 18.1 Å². The molecule has 1 aromatic heterocycles. The molecule has 0 bridgehead atoms. The van der Waals surface area contributed by atoms with Crippen molar-refractivity contribution in [3.05, 3.63) is 24.2 Å². The molecule has 2 amide bonds. The molecule has 7 nitrogen and oxygen atoms in total. The summed E-state index contributed by atoms with van der Waals surface area (Å²) in [5, 5.41) is 2.75. The van der Waals surface area contributed by atoms with Crippen LogP contribution in [0.15, 0.2) is 22.8 Å². The zero-order valence-electron chi connectivity index (χ0n) is 12.0. The summed E-state index contributed by atoms with van der Waals surface area (Å²) in [4.78, 5) is 25.7. The molecule has 0 saturated carbocycles. The third kappa shape index (κ3) is 3.16. The van der Waals surface area contributed by atoms with Crippen LogP contribution in [0.25, 0.3) is 0 Å². The van der Waals surface area contributed by atoms with Crippen LogP contribution >= 0.6 is 0 Å². The standard InChI is InChI=1S/C14H18N2O5S/c17-13-6-10(14(18)15-7-12-2-1-4-21-12)8-16(13)11-3-5-22(19,20)9-11/h1-2,4,10-11H,3,5-9H2,(H,15,18). The second-order valence-corrected chi connectivity index (χ2v) is 8.03. The Bertz CT molecular complexity index is 667. The van der Waals surface area contributed by atoms with Crippen LogP contribution in [-0.2, 0) is 26.0 Å². The average Bonchev–Trinajstić information content (AvgIpc) is 3.16. The van der Waals surface area contributed by atoms with Crippen LogP contribution in [-0.4, -0.2) is 49.2 Å². The summed E-state index contributed by atoms with van der Waals surface area (Å²) >= 11 is 0. The number of carbonyl (C=O) groups excluding carboxylic acids is 2. The van der Waals surface area contributed by atoms with Crippen molar-refractivity contribution in [1.29, 1.82) is 0 Å². The van der Waals surface area contributed by atoms with E-state index in [-0.39, 0.29) is 42.3 Å². The van der Waals surface area contributed by atoms with E-state index in [1.165, 1.54) is 6.26 Å². The molecule has 0 aromatic carbocycles. The molecule has 0 spiro atoms. The highest BCUT2D eigenvalue weighted by atomic mass is 32.2. The molecule has 0 aliphatic carbocycles. The zero-order valence-corrected chi connectivity index (χ0v) is 12.8. The van der Waals surface area contributed by atoms with E-state index in [1.54, 1.807) is 17.0 Å². The maximum absolute atomic E-state index is 12.1. The van der Waals surface area contributed by atoms with E-state index in [4.69, 9.17) is 4.42 Å². The maximum atomic E-state index is 12.1. The van der Waals surface area contributed by atoms with Gasteiger partial charge in [-0.2, -0.15) is 0 Å². The van der Waals surface area contributed by atoms with Crippen LogP contribution in [0.2, 0.25) is 0 Å². The van der Waals surface area contributed by atoms with Gasteiger partial charge in [-0.1, -0.05) is 0 Å². The summed E-state index contributed by atoms with van der Waals surface area (Å²) in [6.07, 6.45) is 2.14. The number of amides is 2. The van der Waals surface area contributed by atoms with Gasteiger partial charge in [-0.25, -0.2) is 8.42 Å². The van der Waals surface area contributed by atoms with Gasteiger partial charge in [0.2, 0.25) is 11.8 Å². The summed E-state index contributed by atoms with van der Waals surface area (Å²) < 4.78 is 28.2. The lowest BCUT2D eigenvalue weighted by molar-refractivity contribution is -0.130. The molecule has 2 unspecified atom stereocenters. The van der Waals surface area contributed by atoms with Gasteiger partial charge in [0.05, 0.1) is 30.2 Å². The first-order chi connectivity index (χ1) is 10.4. The summed E-state index contributed by atoms with van der Waals surface area (Å²) in [5.74, 6) is 0.0200. The predicted molar refractivity (Wildman–Crippen MR) is 77.4 cm³/mol. The predicted octanol–water partition coefficient (Wildman–Crippen LogP) is -0.0686. The van der Waals surface area contributed by atoms with Crippen molar-refractivity contribution in [3.8, 4) is 0 Å². The van der Waals surface area contributed by atoms with Crippen molar-refractivity contribution in [2.24, 2.45) is 5.92 Å². The molecule has 2 aliphatic heterocycles. The normalized spacial score (nSPS) is 27.3. The summed E-state index contributed by atoms with van der Waals surface area (Å²) in [7, 11) is -3.04. The van der Waals surface area contributed by atoms with Gasteiger partial charge in [0, 0.05) is 19.0 Å². The number of hydrogen-bond acceptors (Lipinski definition) is 5. The molecule has 2 fully saturated rings. The van der Waals surface area contributed by atoms with Gasteiger partial charge < -0.3 is 14.6 Å². The van der Waals surface area contributed by atoms with Gasteiger partial charge in [0.15, 0.2) is 9.84 Å². The number of nitrogens with one attached hydrogen (secondary N) is 1. The number of hydrogen-bond donors (Lipinski definition) is 1. The molecule has 2 atom stereocenters. The van der Waals surface area contributed by atoms with Crippen LogP contribution in [0.4, 0.5) is 0 Å². The van der Waals surface area contributed by atoms with Gasteiger partial charge in [-0.15, -0.1) is 0 Å². The maximum Gasteiger partial charge on any atom is 0.225 e. The first-order valence-corrected chi connectivity index (χ1v) is 9.07. The molecule has 1 N–H and O–H groups in total. The Balaban J connectivity index is 1.56. The minimum absolute atomic E-state index is 0.0134. The van der Waals surface area contributed by atoms with E-state index < -0.39 is 15.8 Å². The smallest absolute Gasteiger partial charge is 0.225 e. The first-order valence-electron chi connectivity index (χ1n) is 7.24. The number of nitrogens with zero attached hydrogens (tertiary/aromatic N) is 1. The number of likely N-dealkylation sites (tertiary alicyclic amines) is 1. The van der Waals surface area contributed by atoms with E-state index >= 15 is 0 Å². The Morgan fingerprint density at radius 2 is 2.27 bits per heavy atom. The third-order valence-corrected chi connectivity index (χ3v) is 5.95. The Morgan fingerprint density at radius 3 is 2.91 bits per heavy atom. The SMILES string of the molecule is O=C(NCc1ccco1)C1CC(=O)N(C2CCS(=O)(=O)C2)C1. The Hall–Kier alpha value is -1.83. The van der Waals surface area contributed by atoms with Crippen LogP contribution in [0, 0.1) is 5.92 Å². The molecule has 8 heteroatoms. The number of carbonyl (C=O) groups is 2. The van der Waals surface area contributed by atoms with Crippen molar-refractivity contribution in [3.63, 3.8) is 0 Å². The number of rotatable bonds is 4. The van der Waals surface area contributed by atoms with Crippen molar-refractivity contribution >= 4 is 21.7 Å². The molecule has 2 saturated heterocycles. The zero-order chi connectivity index (χ0) is 15.7. The summed E-state index contributed by atoms with van der Waals surface area (Å²) in [6.45, 7) is 0.581. The molecule has 3 rings (SSSR count). The third-order valence-electron chi connectivity index (χ3n) is 4.20. The van der Waals surface area contributed by atoms with E-state index in [0.29, 0.717) is 18.7 Å². The molecular weight excluding hydrogens is 308 g/mol. The molecule has 22 heavy (non-hydrogen) atoms. The summed E-state index contributed by atoms with van der Waals surface area (Å²) in [6, 6.07) is 3.22. The number of furan rings is 1. The van der Waals surface area contributed by atoms with Crippen LogP contribution in [0.5, 0.6) is 0 Å². The van der Waals surface area contributed by atoms with Crippen molar-refractivity contribution in [2.45, 2.75) is 25.4 Å². The van der Waals surface area contributed by atoms with Crippen LogP contribution in [0.1, 0.15) is 18.6 Å². The minimum atomic E-state index is -3.04. The number of sulfone groups is 1. The second-order valence-electron chi connectivity index (χ2n) is 5.80. The van der Waals surface area contributed by atoms with E-state index in [2.05, 4.69) is 5.32 Å². The highest BCUT2D eigenvalue weighted by molar-refractivity contribution is 7.91. The lowest BCUT2D eigenvalue weighted by atomic mass is 10.1. The topological polar surface area (TPSA) is 96.7 Å². The molecule has 1 aromatic rings. The Kier molecular flexibility index (Phi) is 3.94. The molecule has 0 radical (unpaired) electrons. The van der Waals surface area contributed by atoms with Gasteiger partial charge in [0.25, 0.3) is 0 Å². The molecule has 2 aliphatic rings. The van der Waals surface area contributed by atoms with Crippen molar-refractivity contribution < 1.29 is 22.4 Å². The summed E-state index contributed by atoms with van der Waals surface area (Å²) in [5.41, 5.74) is 0. The van der Waals surface area contributed by atoms with Crippen LogP contribution in [0.3, 0.4) is 0 Å². The monoisotopic (exact) mass is 326 g/mol. The fraction of sp³-hybridized carbons (Fsp3) is 0.571. The Labute approximate surface area is 128 Å². The lowest BCUT2D eigenvalue weighted by Gasteiger charge is -2.22. The fourth-order valence-electron chi connectivity index (χ4n) is 3.01. The highest BCUT2D eigenvalue weighted by Gasteiger charge is 2.41. The molecule has 3 heterocycles. The Morgan fingerprint density at radius 1 is 1.45 bits per heavy atom. The van der Waals surface area contributed by atoms with Gasteiger partial charge >= 0.3 is 0 Å². The average molecular weight is 326 g/mol. The lowest BCUT2D eigenvalue weighted by Crippen LogP contribution is -2.38. The quantitative estimate of drug-likeness (QED) is 0.835. The highest BCUT2D eigenvalue weighted by Crippen LogP contribution is 2.26. The first kappa shape index (κ1) is 15.1. The van der Waals surface area contributed by atoms with Crippen molar-refractivity contribution in [1.82, 2.24) is 10.2 Å². The molecular formula is C14H18N2O5S. The fourth-order valence-corrected chi connectivity index (χ4v) is 4.74. The van der Waals surface area contributed by atoms with E-state index in [1.807, 2.05) is 0 Å². The second kappa shape index (κ2) is 5.75. The van der Waals surface area contributed by atoms with E-state index in [9.17, 15) is 18.0 Å². The van der Waals surface area contributed by atoms with Gasteiger partial charge in [0.1, 0.15) is 5.76 Å². The van der Waals surface area contributed by atoms with Gasteiger partial charge in [-0.3, -0.25) is 9.59 Å². The minimum Gasteiger partial charge on any atom is -0.467 e. The van der Waals surface area contributed by atoms with Gasteiger partial charge in [-0.05, 0) is 18.6 Å². The molecule has 120 valence electrons. The van der Waals surface area contributed by atoms with Crippen LogP contribution < -0.4 is 5.32 Å². The largest absolute Gasteiger partial charge is 0.467 e.